The number of nitro groups is 1. The van der Waals surface area contributed by atoms with Crippen molar-refractivity contribution in [2.24, 2.45) is 0 Å². The van der Waals surface area contributed by atoms with Crippen molar-refractivity contribution in [3.05, 3.63) is 142 Å². The number of fused-ring (bicyclic) bond motifs is 1. The van der Waals surface area contributed by atoms with Gasteiger partial charge in [-0.3, -0.25) is 14.7 Å². The highest BCUT2D eigenvalue weighted by Gasteiger charge is 2.44. The number of halogens is 1. The molecular formula is C39H38FN5O9. The number of hydrogen-bond donors (Lipinski definition) is 1. The third kappa shape index (κ3) is 6.89. The Morgan fingerprint density at radius 2 is 1.65 bits per heavy atom. The van der Waals surface area contributed by atoms with Gasteiger partial charge < -0.3 is 33.5 Å². The Morgan fingerprint density at radius 3 is 2.22 bits per heavy atom. The van der Waals surface area contributed by atoms with Crippen LogP contribution in [0.1, 0.15) is 42.7 Å². The summed E-state index contributed by atoms with van der Waals surface area (Å²) in [6, 6.07) is 24.9. The van der Waals surface area contributed by atoms with Crippen molar-refractivity contribution in [3.8, 4) is 17.4 Å². The Kier molecular flexibility index (Phi) is 10.4. The predicted molar refractivity (Wildman–Crippen MR) is 192 cm³/mol. The van der Waals surface area contributed by atoms with Gasteiger partial charge in [-0.15, -0.1) is 0 Å². The number of methoxy groups -OCH3 is 2. The molecule has 1 unspecified atom stereocenters. The summed E-state index contributed by atoms with van der Waals surface area (Å²) in [5, 5.41) is 23.0. The number of benzene rings is 3. The molecule has 4 atom stereocenters. The fraction of sp³-hybridized carbons (Fsp3) is 0.308. The first-order chi connectivity index (χ1) is 26.2. The molecule has 280 valence electrons. The van der Waals surface area contributed by atoms with Crippen molar-refractivity contribution in [2.45, 2.75) is 49.5 Å². The van der Waals surface area contributed by atoms with Gasteiger partial charge in [0.2, 0.25) is 0 Å². The Labute approximate surface area is 309 Å². The Bertz CT molecular complexity index is 2110. The zero-order valence-electron chi connectivity index (χ0n) is 29.7. The molecule has 0 amide bonds. The molecular weight excluding hydrogens is 701 g/mol. The minimum Gasteiger partial charge on any atom is -0.497 e. The summed E-state index contributed by atoms with van der Waals surface area (Å²) in [5.74, 6) is 1.36. The SMILES string of the molecule is CCOC1([N+](=O)[O-])C=CC(Oc2nc(F)nc3c2ncn3[C@H]2C[C@H](O)[C@@H](COC(c3ccccc3)(c3ccc(OC)cc3)c3ccc(OC)cc3)O2)=CC1. The summed E-state index contributed by atoms with van der Waals surface area (Å²) in [5.41, 5.74) is -0.199. The van der Waals surface area contributed by atoms with Gasteiger partial charge in [0.15, 0.2) is 11.2 Å². The molecule has 7 rings (SSSR count). The second-order valence-corrected chi connectivity index (χ2v) is 12.7. The lowest BCUT2D eigenvalue weighted by Gasteiger charge is -2.37. The number of allylic oxidation sites excluding steroid dienone is 1. The smallest absolute Gasteiger partial charge is 0.348 e. The number of hydrogen-bond acceptors (Lipinski definition) is 12. The summed E-state index contributed by atoms with van der Waals surface area (Å²) in [4.78, 5) is 23.3. The summed E-state index contributed by atoms with van der Waals surface area (Å²) in [7, 11) is 3.21. The van der Waals surface area contributed by atoms with Crippen LogP contribution in [-0.2, 0) is 19.8 Å². The summed E-state index contributed by atoms with van der Waals surface area (Å²) in [6.45, 7) is 1.76. The molecule has 15 heteroatoms. The molecule has 1 aliphatic carbocycles. The van der Waals surface area contributed by atoms with Crippen LogP contribution in [0.5, 0.6) is 17.4 Å². The van der Waals surface area contributed by atoms with Gasteiger partial charge in [-0.1, -0.05) is 54.6 Å². The molecule has 1 aliphatic heterocycles. The summed E-state index contributed by atoms with van der Waals surface area (Å²) < 4.78 is 51.8. The van der Waals surface area contributed by atoms with Crippen LogP contribution in [0.15, 0.2) is 109 Å². The molecule has 1 N–H and O–H groups in total. The van der Waals surface area contributed by atoms with Gasteiger partial charge in [0.05, 0.1) is 51.2 Å². The Morgan fingerprint density at radius 1 is 1.00 bits per heavy atom. The summed E-state index contributed by atoms with van der Waals surface area (Å²) >= 11 is 0. The molecule has 3 aromatic carbocycles. The third-order valence-corrected chi connectivity index (χ3v) is 9.54. The maximum absolute atomic E-state index is 14.9. The van der Waals surface area contributed by atoms with Crippen LogP contribution in [0.25, 0.3) is 11.2 Å². The largest absolute Gasteiger partial charge is 0.497 e. The van der Waals surface area contributed by atoms with E-state index in [1.807, 2.05) is 78.9 Å². The molecule has 3 heterocycles. The normalized spacial score (nSPS) is 21.2. The maximum atomic E-state index is 14.9. The lowest BCUT2D eigenvalue weighted by Crippen LogP contribution is -2.40. The lowest BCUT2D eigenvalue weighted by molar-refractivity contribution is -0.612. The Hall–Kier alpha value is -5.74. The van der Waals surface area contributed by atoms with Crippen molar-refractivity contribution in [1.82, 2.24) is 19.5 Å². The molecule has 14 nitrogen and oxygen atoms in total. The third-order valence-electron chi connectivity index (χ3n) is 9.54. The average molecular weight is 740 g/mol. The van der Waals surface area contributed by atoms with Crippen LogP contribution in [0, 0.1) is 16.2 Å². The van der Waals surface area contributed by atoms with E-state index in [9.17, 15) is 19.6 Å². The fourth-order valence-electron chi connectivity index (χ4n) is 6.79. The minimum absolute atomic E-state index is 0.0389. The zero-order valence-corrected chi connectivity index (χ0v) is 29.7. The number of aliphatic hydroxyl groups excluding tert-OH is 1. The van der Waals surface area contributed by atoms with E-state index in [1.54, 1.807) is 21.1 Å². The summed E-state index contributed by atoms with van der Waals surface area (Å²) in [6.07, 6.45) is 1.89. The first-order valence-electron chi connectivity index (χ1n) is 17.3. The van der Waals surface area contributed by atoms with E-state index in [-0.39, 0.29) is 48.9 Å². The van der Waals surface area contributed by atoms with Gasteiger partial charge >= 0.3 is 11.8 Å². The van der Waals surface area contributed by atoms with Crippen LogP contribution in [0.2, 0.25) is 0 Å². The minimum atomic E-state index is -1.72. The van der Waals surface area contributed by atoms with Gasteiger partial charge in [-0.2, -0.15) is 14.4 Å². The van der Waals surface area contributed by atoms with Gasteiger partial charge in [0.1, 0.15) is 35.2 Å². The van der Waals surface area contributed by atoms with Crippen LogP contribution < -0.4 is 14.2 Å². The van der Waals surface area contributed by atoms with Crippen molar-refractivity contribution < 1.29 is 42.8 Å². The average Bonchev–Trinajstić information content (AvgIpc) is 3.79. The number of ether oxygens (including phenoxy) is 6. The van der Waals surface area contributed by atoms with Crippen molar-refractivity contribution in [1.29, 1.82) is 0 Å². The van der Waals surface area contributed by atoms with Crippen molar-refractivity contribution >= 4 is 11.2 Å². The van der Waals surface area contributed by atoms with E-state index in [4.69, 9.17) is 28.4 Å². The van der Waals surface area contributed by atoms with E-state index >= 15 is 0 Å². The number of aliphatic hydroxyl groups is 1. The molecule has 1 saturated heterocycles. The van der Waals surface area contributed by atoms with E-state index < -0.39 is 40.8 Å². The number of rotatable bonds is 14. The van der Waals surface area contributed by atoms with E-state index in [0.717, 1.165) is 16.7 Å². The maximum Gasteiger partial charge on any atom is 0.348 e. The first-order valence-corrected chi connectivity index (χ1v) is 17.3. The lowest BCUT2D eigenvalue weighted by atomic mass is 9.80. The second-order valence-electron chi connectivity index (χ2n) is 12.7. The quantitative estimate of drug-likeness (QED) is 0.0475. The molecule has 5 aromatic rings. The van der Waals surface area contributed by atoms with Crippen LogP contribution in [0.3, 0.4) is 0 Å². The number of nitrogens with zero attached hydrogens (tertiary/aromatic N) is 5. The Balaban J connectivity index is 1.16. The molecule has 54 heavy (non-hydrogen) atoms. The standard InChI is InChI=1S/C39H38FN5O9/c1-4-51-38(45(47)48)20-18-30(19-21-38)53-36-34-35(42-37(40)43-36)44(24-41-34)33-22-31(46)32(54-33)23-52-39(25-8-6-5-7-9-25,26-10-14-28(49-2)15-11-26)27-12-16-29(50-3)17-13-27/h5-20,24,31-33,46H,4,21-23H2,1-3H3/t31-,32+,33+,38?/m0/s1. The van der Waals surface area contributed by atoms with Crippen LogP contribution in [0.4, 0.5) is 4.39 Å². The second kappa shape index (κ2) is 15.3. The highest BCUT2D eigenvalue weighted by molar-refractivity contribution is 5.76. The molecule has 0 radical (unpaired) electrons. The fourth-order valence-corrected chi connectivity index (χ4v) is 6.79. The topological polar surface area (TPSA) is 162 Å². The number of aromatic nitrogens is 4. The van der Waals surface area contributed by atoms with E-state index in [1.165, 1.54) is 29.1 Å². The van der Waals surface area contributed by atoms with Crippen LogP contribution >= 0.6 is 0 Å². The highest BCUT2D eigenvalue weighted by atomic mass is 19.1. The molecule has 0 saturated carbocycles. The molecule has 1 fully saturated rings. The van der Waals surface area contributed by atoms with Crippen LogP contribution in [-0.4, -0.2) is 74.9 Å². The van der Waals surface area contributed by atoms with E-state index in [2.05, 4.69) is 15.0 Å². The van der Waals surface area contributed by atoms with Gasteiger partial charge in [0, 0.05) is 12.5 Å². The van der Waals surface area contributed by atoms with Gasteiger partial charge in [-0.25, -0.2) is 4.98 Å². The molecule has 2 aliphatic rings. The van der Waals surface area contributed by atoms with E-state index in [0.29, 0.717) is 11.5 Å². The van der Waals surface area contributed by atoms with Crippen molar-refractivity contribution in [3.63, 3.8) is 0 Å². The first kappa shape index (κ1) is 36.6. The highest BCUT2D eigenvalue weighted by Crippen LogP contribution is 2.43. The van der Waals surface area contributed by atoms with Gasteiger partial charge in [0.25, 0.3) is 5.88 Å². The molecule has 0 bridgehead atoms. The van der Waals surface area contributed by atoms with Gasteiger partial charge in [-0.05, 0) is 60.0 Å². The number of imidazole rings is 1. The zero-order chi connectivity index (χ0) is 37.9. The molecule has 2 aromatic heterocycles. The monoisotopic (exact) mass is 739 g/mol. The predicted octanol–water partition coefficient (Wildman–Crippen LogP) is 5.87. The van der Waals surface area contributed by atoms with Crippen molar-refractivity contribution in [2.75, 3.05) is 27.4 Å². The molecule has 0 spiro atoms.